The van der Waals surface area contributed by atoms with Crippen molar-refractivity contribution in [1.29, 1.82) is 0 Å². The fourth-order valence-electron chi connectivity index (χ4n) is 2.38. The summed E-state index contributed by atoms with van der Waals surface area (Å²) in [6.07, 6.45) is 6.13. The first-order valence-electron chi connectivity index (χ1n) is 6.61. The lowest BCUT2D eigenvalue weighted by Crippen LogP contribution is -2.48. The van der Waals surface area contributed by atoms with E-state index in [0.29, 0.717) is 6.04 Å². The maximum Gasteiger partial charge on any atom is 0.341 e. The van der Waals surface area contributed by atoms with Crippen molar-refractivity contribution in [2.45, 2.75) is 57.8 Å². The molecule has 17 heavy (non-hydrogen) atoms. The van der Waals surface area contributed by atoms with Gasteiger partial charge in [0.1, 0.15) is 0 Å². The molecule has 2 atom stereocenters. The van der Waals surface area contributed by atoms with Crippen LogP contribution in [-0.2, 0) is 9.57 Å². The number of ether oxygens (including phenoxy) is 1. The van der Waals surface area contributed by atoms with Crippen molar-refractivity contribution >= 4 is 6.03 Å². The third-order valence-electron chi connectivity index (χ3n) is 3.48. The monoisotopic (exact) mass is 242 g/mol. The molecule has 98 valence electrons. The summed E-state index contributed by atoms with van der Waals surface area (Å²) in [4.78, 5) is 19.0. The van der Waals surface area contributed by atoms with E-state index in [1.165, 1.54) is 6.42 Å². The molecule has 5 nitrogen and oxygen atoms in total. The Bertz CT molecular complexity index is 254. The minimum atomic E-state index is -0.271. The average Bonchev–Trinajstić information content (AvgIpc) is 2.38. The van der Waals surface area contributed by atoms with Crippen LogP contribution in [0.3, 0.4) is 0 Å². The van der Waals surface area contributed by atoms with Crippen molar-refractivity contribution < 1.29 is 14.4 Å². The fraction of sp³-hybridized carbons (Fsp3) is 0.917. The van der Waals surface area contributed by atoms with Gasteiger partial charge >= 0.3 is 6.03 Å². The molecule has 2 aliphatic rings. The number of piperidine rings is 1. The zero-order valence-electron chi connectivity index (χ0n) is 10.5. The van der Waals surface area contributed by atoms with Crippen LogP contribution in [-0.4, -0.2) is 36.4 Å². The third-order valence-corrected chi connectivity index (χ3v) is 3.48. The summed E-state index contributed by atoms with van der Waals surface area (Å²) in [5.74, 6) is 0. The van der Waals surface area contributed by atoms with E-state index in [2.05, 4.69) is 12.4 Å². The zero-order chi connectivity index (χ0) is 12.1. The Hall–Kier alpha value is -0.810. The van der Waals surface area contributed by atoms with Gasteiger partial charge in [0.25, 0.3) is 0 Å². The molecule has 0 aromatic heterocycles. The van der Waals surface area contributed by atoms with Crippen LogP contribution < -0.4 is 5.48 Å². The predicted molar refractivity (Wildman–Crippen MR) is 63.2 cm³/mol. The minimum absolute atomic E-state index is 0.133. The fourth-order valence-corrected chi connectivity index (χ4v) is 2.38. The van der Waals surface area contributed by atoms with E-state index in [9.17, 15) is 4.79 Å². The van der Waals surface area contributed by atoms with Crippen molar-refractivity contribution in [1.82, 2.24) is 10.4 Å². The van der Waals surface area contributed by atoms with Crippen LogP contribution in [0.4, 0.5) is 4.79 Å². The van der Waals surface area contributed by atoms with E-state index in [-0.39, 0.29) is 12.3 Å². The summed E-state index contributed by atoms with van der Waals surface area (Å²) in [5, 5.41) is 0. The highest BCUT2D eigenvalue weighted by atomic mass is 16.8. The molecule has 2 saturated heterocycles. The molecule has 0 saturated carbocycles. The number of urea groups is 1. The second-order valence-electron chi connectivity index (χ2n) is 4.86. The molecule has 2 aliphatic heterocycles. The highest BCUT2D eigenvalue weighted by Gasteiger charge is 2.24. The van der Waals surface area contributed by atoms with Crippen LogP contribution in [0.5, 0.6) is 0 Å². The van der Waals surface area contributed by atoms with E-state index >= 15 is 0 Å². The normalized spacial score (nSPS) is 30.1. The first kappa shape index (κ1) is 12.6. The van der Waals surface area contributed by atoms with Gasteiger partial charge in [0.2, 0.25) is 0 Å². The average molecular weight is 242 g/mol. The summed E-state index contributed by atoms with van der Waals surface area (Å²) in [6, 6.07) is 0.172. The highest BCUT2D eigenvalue weighted by molar-refractivity contribution is 5.73. The largest absolute Gasteiger partial charge is 0.350 e. The highest BCUT2D eigenvalue weighted by Crippen LogP contribution is 2.17. The van der Waals surface area contributed by atoms with E-state index in [1.807, 2.05) is 4.90 Å². The molecule has 0 aliphatic carbocycles. The van der Waals surface area contributed by atoms with Crippen LogP contribution in [0.1, 0.15) is 45.4 Å². The van der Waals surface area contributed by atoms with Crippen LogP contribution >= 0.6 is 0 Å². The Kier molecular flexibility index (Phi) is 4.62. The third kappa shape index (κ3) is 3.57. The van der Waals surface area contributed by atoms with Gasteiger partial charge in [-0.15, -0.1) is 0 Å². The molecule has 1 N–H and O–H groups in total. The lowest BCUT2D eigenvalue weighted by Gasteiger charge is -2.33. The summed E-state index contributed by atoms with van der Waals surface area (Å²) < 4.78 is 5.39. The molecule has 2 heterocycles. The zero-order valence-corrected chi connectivity index (χ0v) is 10.5. The summed E-state index contributed by atoms with van der Waals surface area (Å²) in [5.41, 5.74) is 2.51. The van der Waals surface area contributed by atoms with E-state index < -0.39 is 0 Å². The van der Waals surface area contributed by atoms with Crippen molar-refractivity contribution in [2.24, 2.45) is 0 Å². The second-order valence-corrected chi connectivity index (χ2v) is 4.86. The second kappa shape index (κ2) is 6.21. The predicted octanol–water partition coefficient (Wildman–Crippen LogP) is 2.03. The van der Waals surface area contributed by atoms with Crippen LogP contribution in [0.2, 0.25) is 0 Å². The molecule has 0 bridgehead atoms. The Morgan fingerprint density at radius 1 is 1.29 bits per heavy atom. The van der Waals surface area contributed by atoms with Gasteiger partial charge in [-0.05, 0) is 39.0 Å². The van der Waals surface area contributed by atoms with Gasteiger partial charge < -0.3 is 9.64 Å². The van der Waals surface area contributed by atoms with Crippen molar-refractivity contribution in [2.75, 3.05) is 13.2 Å². The summed E-state index contributed by atoms with van der Waals surface area (Å²) in [6.45, 7) is 3.62. The number of hydrogen-bond donors (Lipinski definition) is 1. The van der Waals surface area contributed by atoms with Gasteiger partial charge in [0, 0.05) is 25.6 Å². The number of carbonyl (C=O) groups excluding carboxylic acids is 1. The van der Waals surface area contributed by atoms with E-state index in [4.69, 9.17) is 9.57 Å². The molecule has 0 aromatic carbocycles. The van der Waals surface area contributed by atoms with E-state index in [1.54, 1.807) is 0 Å². The topological polar surface area (TPSA) is 50.8 Å². The number of carbonyl (C=O) groups is 1. The number of nitrogens with zero attached hydrogens (tertiary/aromatic N) is 1. The van der Waals surface area contributed by atoms with Crippen LogP contribution in [0.25, 0.3) is 0 Å². The molecule has 2 rings (SSSR count). The standard InChI is InChI=1S/C12H22N2O3/c1-10-6-2-4-8-14(10)12(15)13-17-11-7-3-5-9-16-11/h10-11H,2-9H2,1H3,(H,13,15)/t10-,11+/m1/s1. The maximum absolute atomic E-state index is 11.9. The van der Waals surface area contributed by atoms with Gasteiger partial charge in [0.05, 0.1) is 0 Å². The molecule has 0 aromatic rings. The van der Waals surface area contributed by atoms with Gasteiger partial charge in [-0.25, -0.2) is 15.1 Å². The molecule has 5 heteroatoms. The van der Waals surface area contributed by atoms with Crippen LogP contribution in [0, 0.1) is 0 Å². The van der Waals surface area contributed by atoms with Crippen molar-refractivity contribution in [3.05, 3.63) is 0 Å². The van der Waals surface area contributed by atoms with Crippen molar-refractivity contribution in [3.63, 3.8) is 0 Å². The first-order chi connectivity index (χ1) is 8.27. The quantitative estimate of drug-likeness (QED) is 0.754. The summed E-state index contributed by atoms with van der Waals surface area (Å²) in [7, 11) is 0. The number of rotatable bonds is 2. The van der Waals surface area contributed by atoms with Crippen LogP contribution in [0.15, 0.2) is 0 Å². The Balaban J connectivity index is 1.72. The van der Waals surface area contributed by atoms with Gasteiger partial charge in [-0.3, -0.25) is 0 Å². The number of nitrogens with one attached hydrogen (secondary N) is 1. The number of likely N-dealkylation sites (tertiary alicyclic amines) is 1. The van der Waals surface area contributed by atoms with Gasteiger partial charge in [0.15, 0.2) is 6.29 Å². The molecule has 2 amide bonds. The van der Waals surface area contributed by atoms with Crippen molar-refractivity contribution in [3.8, 4) is 0 Å². The number of hydrogen-bond acceptors (Lipinski definition) is 3. The molecular formula is C12H22N2O3. The van der Waals surface area contributed by atoms with Gasteiger partial charge in [-0.1, -0.05) is 0 Å². The van der Waals surface area contributed by atoms with E-state index in [0.717, 1.165) is 45.3 Å². The lowest BCUT2D eigenvalue weighted by atomic mass is 10.0. The Morgan fingerprint density at radius 2 is 2.12 bits per heavy atom. The lowest BCUT2D eigenvalue weighted by molar-refractivity contribution is -0.188. The molecule has 0 radical (unpaired) electrons. The minimum Gasteiger partial charge on any atom is -0.350 e. The molecule has 2 fully saturated rings. The summed E-state index contributed by atoms with van der Waals surface area (Å²) >= 11 is 0. The molecular weight excluding hydrogens is 220 g/mol. The number of hydroxylamine groups is 1. The molecule has 0 spiro atoms. The SMILES string of the molecule is C[C@@H]1CCCCN1C(=O)NO[C@H]1CCCCO1. The smallest absolute Gasteiger partial charge is 0.341 e. The van der Waals surface area contributed by atoms with Gasteiger partial charge in [-0.2, -0.15) is 0 Å². The maximum atomic E-state index is 11.9. The number of amides is 2. The Morgan fingerprint density at radius 3 is 2.82 bits per heavy atom. The Labute approximate surface area is 102 Å². The molecule has 0 unspecified atom stereocenters. The first-order valence-corrected chi connectivity index (χ1v) is 6.61.